The quantitative estimate of drug-likeness (QED) is 0.835. The van der Waals surface area contributed by atoms with Gasteiger partial charge in [-0.05, 0) is 45.7 Å². The molecule has 0 unspecified atom stereocenters. The van der Waals surface area contributed by atoms with Crippen LogP contribution in [0.4, 0.5) is 4.79 Å². The van der Waals surface area contributed by atoms with Gasteiger partial charge in [0.1, 0.15) is 5.60 Å². The average molecular weight is 316 g/mol. The number of amides is 1. The van der Waals surface area contributed by atoms with E-state index in [0.717, 1.165) is 26.2 Å². The van der Waals surface area contributed by atoms with Crippen LogP contribution in [-0.4, -0.2) is 46.7 Å². The van der Waals surface area contributed by atoms with Crippen LogP contribution in [0, 0.1) is 0 Å². The second-order valence-electron chi connectivity index (χ2n) is 7.93. The summed E-state index contributed by atoms with van der Waals surface area (Å²) >= 11 is 0. The van der Waals surface area contributed by atoms with E-state index in [1.807, 2.05) is 25.7 Å². The Hall–Kier alpha value is -1.55. The van der Waals surface area contributed by atoms with Gasteiger partial charge in [-0.3, -0.25) is 4.90 Å². The van der Waals surface area contributed by atoms with Crippen molar-refractivity contribution < 1.29 is 9.53 Å². The Balaban J connectivity index is 1.63. The van der Waals surface area contributed by atoms with E-state index in [9.17, 15) is 4.79 Å². The van der Waals surface area contributed by atoms with Crippen LogP contribution in [0.15, 0.2) is 30.3 Å². The summed E-state index contributed by atoms with van der Waals surface area (Å²) in [5, 5.41) is 0. The van der Waals surface area contributed by atoms with Crippen molar-refractivity contribution in [3.63, 3.8) is 0 Å². The summed E-state index contributed by atoms with van der Waals surface area (Å²) in [5.41, 5.74) is 1.09. The van der Waals surface area contributed by atoms with E-state index >= 15 is 0 Å². The van der Waals surface area contributed by atoms with Crippen LogP contribution in [-0.2, 0) is 11.3 Å². The van der Waals surface area contributed by atoms with Crippen LogP contribution in [0.3, 0.4) is 0 Å². The third kappa shape index (κ3) is 3.69. The Morgan fingerprint density at radius 3 is 2.52 bits per heavy atom. The summed E-state index contributed by atoms with van der Waals surface area (Å²) in [6.45, 7) is 9.46. The smallest absolute Gasteiger partial charge is 0.410 e. The molecule has 4 heteroatoms. The number of piperidine rings is 1. The molecule has 1 spiro atoms. The molecule has 1 aromatic rings. The Morgan fingerprint density at radius 1 is 1.17 bits per heavy atom. The molecule has 0 saturated carbocycles. The molecule has 2 saturated heterocycles. The minimum Gasteiger partial charge on any atom is -0.444 e. The van der Waals surface area contributed by atoms with Gasteiger partial charge in [-0.25, -0.2) is 4.79 Å². The largest absolute Gasteiger partial charge is 0.444 e. The van der Waals surface area contributed by atoms with E-state index in [4.69, 9.17) is 4.74 Å². The average Bonchev–Trinajstić information content (AvgIpc) is 2.45. The normalized spacial score (nSPS) is 21.1. The van der Waals surface area contributed by atoms with Crippen molar-refractivity contribution in [2.75, 3.05) is 19.6 Å². The monoisotopic (exact) mass is 316 g/mol. The van der Waals surface area contributed by atoms with Crippen molar-refractivity contribution in [3.05, 3.63) is 35.9 Å². The number of carbonyl (C=O) groups is 1. The molecule has 0 aromatic heterocycles. The van der Waals surface area contributed by atoms with Gasteiger partial charge in [0.2, 0.25) is 0 Å². The summed E-state index contributed by atoms with van der Waals surface area (Å²) in [7, 11) is 0. The Labute approximate surface area is 139 Å². The number of likely N-dealkylation sites (tertiary alicyclic amines) is 2. The molecule has 2 fully saturated rings. The maximum absolute atomic E-state index is 12.2. The van der Waals surface area contributed by atoms with Crippen LogP contribution in [0.5, 0.6) is 0 Å². The molecule has 126 valence electrons. The summed E-state index contributed by atoms with van der Waals surface area (Å²) in [6.07, 6.45) is 3.52. The van der Waals surface area contributed by atoms with E-state index in [-0.39, 0.29) is 11.6 Å². The topological polar surface area (TPSA) is 32.8 Å². The van der Waals surface area contributed by atoms with Gasteiger partial charge in [0.05, 0.1) is 5.54 Å². The predicted octanol–water partition coefficient (Wildman–Crippen LogP) is 3.66. The number of benzene rings is 1. The predicted molar refractivity (Wildman–Crippen MR) is 91.2 cm³/mol. The Kier molecular flexibility index (Phi) is 4.37. The molecule has 0 N–H and O–H groups in total. The highest BCUT2D eigenvalue weighted by Gasteiger charge is 2.50. The van der Waals surface area contributed by atoms with Gasteiger partial charge in [-0.2, -0.15) is 0 Å². The van der Waals surface area contributed by atoms with E-state index in [2.05, 4.69) is 35.2 Å². The van der Waals surface area contributed by atoms with Crippen molar-refractivity contribution in [3.8, 4) is 0 Å². The number of hydrogen-bond donors (Lipinski definition) is 0. The van der Waals surface area contributed by atoms with Gasteiger partial charge >= 0.3 is 6.09 Å². The molecule has 1 aromatic carbocycles. The highest BCUT2D eigenvalue weighted by atomic mass is 16.6. The highest BCUT2D eigenvalue weighted by Crippen LogP contribution is 2.38. The number of nitrogens with zero attached hydrogens (tertiary/aromatic N) is 2. The first-order valence-electron chi connectivity index (χ1n) is 8.65. The van der Waals surface area contributed by atoms with Gasteiger partial charge in [-0.1, -0.05) is 36.8 Å². The molecule has 4 nitrogen and oxygen atoms in total. The SMILES string of the molecule is CC(C)(C)OC(=O)N1CC2(CCCCN2Cc2ccccc2)C1. The molecule has 2 aliphatic heterocycles. The third-order valence-electron chi connectivity index (χ3n) is 4.83. The standard InChI is InChI=1S/C19H28N2O2/c1-18(2,3)23-17(22)20-14-19(15-20)11-7-8-12-21(19)13-16-9-5-4-6-10-16/h4-6,9-10H,7-8,11-15H2,1-3H3. The molecule has 0 bridgehead atoms. The number of ether oxygens (including phenoxy) is 1. The molecule has 1 amide bonds. The Bertz CT molecular complexity index is 544. The zero-order valence-corrected chi connectivity index (χ0v) is 14.5. The van der Waals surface area contributed by atoms with Crippen LogP contribution in [0.1, 0.15) is 45.6 Å². The fourth-order valence-corrected chi connectivity index (χ4v) is 3.68. The second-order valence-corrected chi connectivity index (χ2v) is 7.93. The second kappa shape index (κ2) is 6.16. The minimum atomic E-state index is -0.421. The zero-order chi connectivity index (χ0) is 16.5. The van der Waals surface area contributed by atoms with Crippen molar-refractivity contribution in [2.45, 2.75) is 57.7 Å². The minimum absolute atomic E-state index is 0.158. The maximum Gasteiger partial charge on any atom is 0.410 e. The molecular weight excluding hydrogens is 288 g/mol. The van der Waals surface area contributed by atoms with Crippen molar-refractivity contribution in [2.24, 2.45) is 0 Å². The number of carbonyl (C=O) groups excluding carboxylic acids is 1. The molecule has 2 heterocycles. The van der Waals surface area contributed by atoms with Gasteiger partial charge in [0, 0.05) is 19.6 Å². The summed E-state index contributed by atoms with van der Waals surface area (Å²) in [5.74, 6) is 0. The zero-order valence-electron chi connectivity index (χ0n) is 14.5. The van der Waals surface area contributed by atoms with Crippen molar-refractivity contribution in [1.82, 2.24) is 9.80 Å². The van der Waals surface area contributed by atoms with E-state index in [0.29, 0.717) is 0 Å². The number of rotatable bonds is 2. The lowest BCUT2D eigenvalue weighted by Gasteiger charge is -2.57. The lowest BCUT2D eigenvalue weighted by atomic mass is 9.79. The fraction of sp³-hybridized carbons (Fsp3) is 0.632. The third-order valence-corrected chi connectivity index (χ3v) is 4.83. The Morgan fingerprint density at radius 2 is 1.87 bits per heavy atom. The van der Waals surface area contributed by atoms with Gasteiger partial charge < -0.3 is 9.64 Å². The molecule has 0 aliphatic carbocycles. The van der Waals surface area contributed by atoms with E-state index in [1.165, 1.54) is 24.8 Å². The van der Waals surface area contributed by atoms with Gasteiger partial charge in [-0.15, -0.1) is 0 Å². The van der Waals surface area contributed by atoms with Gasteiger partial charge in [0.15, 0.2) is 0 Å². The van der Waals surface area contributed by atoms with Crippen LogP contribution in [0.2, 0.25) is 0 Å². The van der Waals surface area contributed by atoms with Crippen LogP contribution < -0.4 is 0 Å². The van der Waals surface area contributed by atoms with Crippen LogP contribution >= 0.6 is 0 Å². The summed E-state index contributed by atoms with van der Waals surface area (Å²) in [4.78, 5) is 16.6. The van der Waals surface area contributed by atoms with Gasteiger partial charge in [0.25, 0.3) is 0 Å². The first kappa shape index (κ1) is 16.3. The first-order valence-corrected chi connectivity index (χ1v) is 8.65. The lowest BCUT2D eigenvalue weighted by molar-refractivity contribution is -0.0850. The summed E-state index contributed by atoms with van der Waals surface area (Å²) < 4.78 is 5.50. The molecule has 0 atom stereocenters. The molecule has 2 aliphatic rings. The molecule has 0 radical (unpaired) electrons. The van der Waals surface area contributed by atoms with E-state index in [1.54, 1.807) is 0 Å². The van der Waals surface area contributed by atoms with E-state index < -0.39 is 5.60 Å². The van der Waals surface area contributed by atoms with Crippen LogP contribution in [0.25, 0.3) is 0 Å². The molecule has 23 heavy (non-hydrogen) atoms. The fourth-order valence-electron chi connectivity index (χ4n) is 3.68. The van der Waals surface area contributed by atoms with Crippen molar-refractivity contribution >= 4 is 6.09 Å². The summed E-state index contributed by atoms with van der Waals surface area (Å²) in [6, 6.07) is 10.6. The lowest BCUT2D eigenvalue weighted by Crippen LogP contribution is -2.72. The molecular formula is C19H28N2O2. The van der Waals surface area contributed by atoms with Crippen molar-refractivity contribution in [1.29, 1.82) is 0 Å². The highest BCUT2D eigenvalue weighted by molar-refractivity contribution is 5.69. The number of hydrogen-bond acceptors (Lipinski definition) is 3. The first-order chi connectivity index (χ1) is 10.9. The maximum atomic E-state index is 12.2. The molecule has 3 rings (SSSR count).